The number of carbonyl (C=O) groups is 1. The molecule has 1 aromatic carbocycles. The number of fused-ring (bicyclic) bond motifs is 1. The van der Waals surface area contributed by atoms with Gasteiger partial charge in [-0.05, 0) is 68.0 Å². The average Bonchev–Trinajstić information content (AvgIpc) is 3.36. The molecule has 0 saturated heterocycles. The Balaban J connectivity index is 1.60. The molecule has 6 heteroatoms. The Kier molecular flexibility index (Phi) is 3.75. The van der Waals surface area contributed by atoms with Gasteiger partial charge in [-0.3, -0.25) is 4.79 Å². The van der Waals surface area contributed by atoms with E-state index in [1.807, 2.05) is 6.92 Å². The summed E-state index contributed by atoms with van der Waals surface area (Å²) in [5.41, 5.74) is 4.21. The summed E-state index contributed by atoms with van der Waals surface area (Å²) in [4.78, 5) is 16.8. The molecule has 2 heterocycles. The average molecular weight is 338 g/mol. The first-order valence-electron chi connectivity index (χ1n) is 8.41. The van der Waals surface area contributed by atoms with Gasteiger partial charge in [0.1, 0.15) is 12.4 Å². The molecule has 1 amide bonds. The van der Waals surface area contributed by atoms with Crippen molar-refractivity contribution in [3.63, 3.8) is 0 Å². The van der Waals surface area contributed by atoms with E-state index < -0.39 is 0 Å². The predicted molar refractivity (Wildman–Crippen MR) is 94.0 cm³/mol. The van der Waals surface area contributed by atoms with E-state index in [1.165, 1.54) is 30.5 Å². The number of halogens is 1. The minimum atomic E-state index is -0.319. The molecule has 1 aliphatic rings. The van der Waals surface area contributed by atoms with Crippen LogP contribution in [-0.4, -0.2) is 20.7 Å². The topological polar surface area (TPSA) is 59.8 Å². The molecule has 1 aliphatic carbocycles. The number of hydrogen-bond donors (Lipinski definition) is 1. The third kappa shape index (κ3) is 2.99. The number of aromatic nitrogens is 3. The second kappa shape index (κ2) is 5.95. The summed E-state index contributed by atoms with van der Waals surface area (Å²) >= 11 is 0. The summed E-state index contributed by atoms with van der Waals surface area (Å²) in [7, 11) is 0. The van der Waals surface area contributed by atoms with Gasteiger partial charge in [0, 0.05) is 17.3 Å². The summed E-state index contributed by atoms with van der Waals surface area (Å²) in [5.74, 6) is 0.0660. The van der Waals surface area contributed by atoms with Crippen molar-refractivity contribution in [2.24, 2.45) is 0 Å². The van der Waals surface area contributed by atoms with Gasteiger partial charge in [-0.25, -0.2) is 14.1 Å². The number of pyridine rings is 1. The van der Waals surface area contributed by atoms with Crippen LogP contribution in [0.15, 0.2) is 30.5 Å². The van der Waals surface area contributed by atoms with Crippen molar-refractivity contribution in [2.75, 3.05) is 5.32 Å². The Morgan fingerprint density at radius 3 is 2.84 bits per heavy atom. The van der Waals surface area contributed by atoms with E-state index in [-0.39, 0.29) is 18.3 Å². The molecule has 1 saturated carbocycles. The smallest absolute Gasteiger partial charge is 0.246 e. The SMILES string of the molecule is Cc1cc(F)ccc1NC(=O)Cn1nc(C)c2c(C3CC3)ccnc21. The highest BCUT2D eigenvalue weighted by molar-refractivity contribution is 5.92. The third-order valence-electron chi connectivity index (χ3n) is 4.61. The molecule has 0 spiro atoms. The van der Waals surface area contributed by atoms with E-state index in [0.29, 0.717) is 17.2 Å². The molecule has 1 N–H and O–H groups in total. The number of amides is 1. The molecule has 5 nitrogen and oxygen atoms in total. The molecule has 4 rings (SSSR count). The minimum Gasteiger partial charge on any atom is -0.324 e. The second-order valence-corrected chi connectivity index (χ2v) is 6.62. The maximum atomic E-state index is 13.2. The van der Waals surface area contributed by atoms with Crippen molar-refractivity contribution >= 4 is 22.6 Å². The van der Waals surface area contributed by atoms with E-state index in [1.54, 1.807) is 23.9 Å². The lowest BCUT2D eigenvalue weighted by Crippen LogP contribution is -2.20. The van der Waals surface area contributed by atoms with Crippen molar-refractivity contribution < 1.29 is 9.18 Å². The fourth-order valence-corrected chi connectivity index (χ4v) is 3.25. The first-order valence-corrected chi connectivity index (χ1v) is 8.41. The number of aryl methyl sites for hydroxylation is 2. The predicted octanol–water partition coefficient (Wildman–Crippen LogP) is 3.70. The standard InChI is InChI=1S/C19H19FN4O/c1-11-9-14(20)5-6-16(11)22-17(25)10-24-19-18(12(2)23-24)15(7-8-21-19)13-3-4-13/h5-9,13H,3-4,10H2,1-2H3,(H,22,25). The number of rotatable bonds is 4. The minimum absolute atomic E-state index is 0.0717. The summed E-state index contributed by atoms with van der Waals surface area (Å²) in [6.07, 6.45) is 4.19. The summed E-state index contributed by atoms with van der Waals surface area (Å²) in [6.45, 7) is 3.78. The van der Waals surface area contributed by atoms with Crippen LogP contribution < -0.4 is 5.32 Å². The van der Waals surface area contributed by atoms with Crippen LogP contribution in [0.5, 0.6) is 0 Å². The van der Waals surface area contributed by atoms with Crippen LogP contribution in [0, 0.1) is 19.7 Å². The maximum absolute atomic E-state index is 13.2. The van der Waals surface area contributed by atoms with Gasteiger partial charge in [-0.2, -0.15) is 5.10 Å². The highest BCUT2D eigenvalue weighted by Gasteiger charge is 2.27. The van der Waals surface area contributed by atoms with E-state index >= 15 is 0 Å². The monoisotopic (exact) mass is 338 g/mol. The number of benzene rings is 1. The first kappa shape index (κ1) is 15.7. The van der Waals surface area contributed by atoms with E-state index in [4.69, 9.17) is 0 Å². The summed E-state index contributed by atoms with van der Waals surface area (Å²) in [6, 6.07) is 6.35. The third-order valence-corrected chi connectivity index (χ3v) is 4.61. The first-order chi connectivity index (χ1) is 12.0. The van der Waals surface area contributed by atoms with Gasteiger partial charge >= 0.3 is 0 Å². The van der Waals surface area contributed by atoms with Gasteiger partial charge in [0.25, 0.3) is 0 Å². The lowest BCUT2D eigenvalue weighted by atomic mass is 10.1. The molecular formula is C19H19FN4O. The van der Waals surface area contributed by atoms with Crippen LogP contribution >= 0.6 is 0 Å². The fourth-order valence-electron chi connectivity index (χ4n) is 3.25. The zero-order chi connectivity index (χ0) is 17.6. The fraction of sp³-hybridized carbons (Fsp3) is 0.316. The van der Waals surface area contributed by atoms with Crippen molar-refractivity contribution in [2.45, 2.75) is 39.2 Å². The van der Waals surface area contributed by atoms with Crippen LogP contribution in [-0.2, 0) is 11.3 Å². The quantitative estimate of drug-likeness (QED) is 0.789. The molecule has 128 valence electrons. The van der Waals surface area contributed by atoms with Crippen molar-refractivity contribution in [1.29, 1.82) is 0 Å². The summed E-state index contributed by atoms with van der Waals surface area (Å²) in [5, 5.41) is 8.39. The molecule has 3 aromatic rings. The molecule has 0 atom stereocenters. The van der Waals surface area contributed by atoms with Gasteiger partial charge in [0.2, 0.25) is 5.91 Å². The number of nitrogens with zero attached hydrogens (tertiary/aromatic N) is 3. The summed E-state index contributed by atoms with van der Waals surface area (Å²) < 4.78 is 14.8. The van der Waals surface area contributed by atoms with Crippen LogP contribution in [0.2, 0.25) is 0 Å². The normalized spacial score (nSPS) is 14.0. The van der Waals surface area contributed by atoms with Gasteiger partial charge in [0.05, 0.1) is 5.69 Å². The van der Waals surface area contributed by atoms with Crippen LogP contribution in [0.4, 0.5) is 10.1 Å². The Hall–Kier alpha value is -2.76. The highest BCUT2D eigenvalue weighted by atomic mass is 19.1. The van der Waals surface area contributed by atoms with E-state index in [2.05, 4.69) is 21.5 Å². The zero-order valence-corrected chi connectivity index (χ0v) is 14.2. The lowest BCUT2D eigenvalue weighted by molar-refractivity contribution is -0.116. The van der Waals surface area contributed by atoms with Crippen LogP contribution in [0.3, 0.4) is 0 Å². The number of carbonyl (C=O) groups excluding carboxylic acids is 1. The number of hydrogen-bond acceptors (Lipinski definition) is 3. The number of anilines is 1. The molecule has 0 radical (unpaired) electrons. The van der Waals surface area contributed by atoms with Gasteiger partial charge in [-0.1, -0.05) is 0 Å². The van der Waals surface area contributed by atoms with E-state index in [9.17, 15) is 9.18 Å². The van der Waals surface area contributed by atoms with Gasteiger partial charge in [-0.15, -0.1) is 0 Å². The van der Waals surface area contributed by atoms with Crippen LogP contribution in [0.1, 0.15) is 35.6 Å². The zero-order valence-electron chi connectivity index (χ0n) is 14.2. The molecule has 2 aromatic heterocycles. The molecular weight excluding hydrogens is 319 g/mol. The second-order valence-electron chi connectivity index (χ2n) is 6.62. The maximum Gasteiger partial charge on any atom is 0.246 e. The number of nitrogens with one attached hydrogen (secondary N) is 1. The Bertz CT molecular complexity index is 975. The van der Waals surface area contributed by atoms with Gasteiger partial charge in [0.15, 0.2) is 5.65 Å². The highest BCUT2D eigenvalue weighted by Crippen LogP contribution is 2.43. The Morgan fingerprint density at radius 2 is 2.12 bits per heavy atom. The van der Waals surface area contributed by atoms with Crippen molar-refractivity contribution in [3.05, 3.63) is 53.1 Å². The Morgan fingerprint density at radius 1 is 1.32 bits per heavy atom. The lowest BCUT2D eigenvalue weighted by Gasteiger charge is -2.09. The molecule has 0 unspecified atom stereocenters. The molecule has 0 aliphatic heterocycles. The molecule has 1 fully saturated rings. The largest absolute Gasteiger partial charge is 0.324 e. The van der Waals surface area contributed by atoms with Crippen molar-refractivity contribution in [1.82, 2.24) is 14.8 Å². The van der Waals surface area contributed by atoms with Crippen molar-refractivity contribution in [3.8, 4) is 0 Å². The van der Waals surface area contributed by atoms with Crippen LogP contribution in [0.25, 0.3) is 11.0 Å². The molecule has 25 heavy (non-hydrogen) atoms. The van der Waals surface area contributed by atoms with E-state index in [0.717, 1.165) is 16.7 Å². The molecule has 0 bridgehead atoms. The van der Waals surface area contributed by atoms with Gasteiger partial charge < -0.3 is 5.32 Å². The Labute approximate surface area is 144 Å².